The van der Waals surface area contributed by atoms with Crippen molar-refractivity contribution >= 4 is 23.0 Å². The van der Waals surface area contributed by atoms with E-state index in [-0.39, 0.29) is 5.82 Å². The molecule has 3 rings (SSSR count). The van der Waals surface area contributed by atoms with Crippen LogP contribution in [0.3, 0.4) is 0 Å². The summed E-state index contributed by atoms with van der Waals surface area (Å²) in [4.78, 5) is 15.3. The van der Waals surface area contributed by atoms with E-state index in [0.717, 1.165) is 18.8 Å². The first-order valence-corrected chi connectivity index (χ1v) is 7.50. The predicted molar refractivity (Wildman–Crippen MR) is 90.2 cm³/mol. The lowest BCUT2D eigenvalue weighted by atomic mass is 10.1. The van der Waals surface area contributed by atoms with Crippen LogP contribution in [-0.4, -0.2) is 32.1 Å². The molecule has 1 aliphatic heterocycles. The number of nitrogens with zero attached hydrogens (tertiary/aromatic N) is 2. The van der Waals surface area contributed by atoms with Gasteiger partial charge in [-0.1, -0.05) is 12.1 Å². The van der Waals surface area contributed by atoms with Crippen LogP contribution in [0.25, 0.3) is 0 Å². The molecule has 120 valence electrons. The number of halogens is 1. The van der Waals surface area contributed by atoms with E-state index in [1.165, 1.54) is 6.07 Å². The standard InChI is InChI=1S/C17H19FN4O/c18-13-3-1-2-4-15(13)21-7-9-22(10-8-21)16-6-5-12(17(20)23)11-14(16)19/h1-6,11H,7-10,19H2,(H2,20,23). The lowest BCUT2D eigenvalue weighted by molar-refractivity contribution is 0.100. The Morgan fingerprint density at radius 2 is 1.57 bits per heavy atom. The van der Waals surface area contributed by atoms with Crippen molar-refractivity contribution in [2.75, 3.05) is 41.7 Å². The minimum absolute atomic E-state index is 0.203. The van der Waals surface area contributed by atoms with Gasteiger partial charge in [0, 0.05) is 31.7 Å². The first-order chi connectivity index (χ1) is 11.1. The molecule has 1 heterocycles. The Kier molecular flexibility index (Phi) is 4.06. The predicted octanol–water partition coefficient (Wildman–Crippen LogP) is 1.83. The minimum atomic E-state index is -0.493. The smallest absolute Gasteiger partial charge is 0.248 e. The van der Waals surface area contributed by atoms with Crippen LogP contribution in [0, 0.1) is 5.82 Å². The van der Waals surface area contributed by atoms with E-state index < -0.39 is 5.91 Å². The second-order valence-corrected chi connectivity index (χ2v) is 5.56. The van der Waals surface area contributed by atoms with Crippen LogP contribution in [0.2, 0.25) is 0 Å². The average molecular weight is 314 g/mol. The van der Waals surface area contributed by atoms with E-state index in [0.29, 0.717) is 30.0 Å². The lowest BCUT2D eigenvalue weighted by Crippen LogP contribution is -2.47. The molecule has 2 aromatic carbocycles. The minimum Gasteiger partial charge on any atom is -0.397 e. The molecule has 0 radical (unpaired) electrons. The number of piperazine rings is 1. The van der Waals surface area contributed by atoms with E-state index in [1.807, 2.05) is 17.0 Å². The number of para-hydroxylation sites is 1. The van der Waals surface area contributed by atoms with E-state index in [4.69, 9.17) is 11.5 Å². The largest absolute Gasteiger partial charge is 0.397 e. The maximum Gasteiger partial charge on any atom is 0.248 e. The molecule has 0 bridgehead atoms. The highest BCUT2D eigenvalue weighted by Crippen LogP contribution is 2.27. The number of nitrogen functional groups attached to an aromatic ring is 1. The number of amides is 1. The fourth-order valence-corrected chi connectivity index (χ4v) is 2.89. The highest BCUT2D eigenvalue weighted by Gasteiger charge is 2.21. The van der Waals surface area contributed by atoms with Gasteiger partial charge in [-0.15, -0.1) is 0 Å². The number of nitrogens with two attached hydrogens (primary N) is 2. The molecular weight excluding hydrogens is 295 g/mol. The molecule has 23 heavy (non-hydrogen) atoms. The van der Waals surface area contributed by atoms with Crippen LogP contribution in [0.5, 0.6) is 0 Å². The number of hydrogen-bond donors (Lipinski definition) is 2. The van der Waals surface area contributed by atoms with Crippen LogP contribution < -0.4 is 21.3 Å². The highest BCUT2D eigenvalue weighted by atomic mass is 19.1. The third kappa shape index (κ3) is 3.06. The molecule has 5 nitrogen and oxygen atoms in total. The molecule has 0 unspecified atom stereocenters. The second-order valence-electron chi connectivity index (χ2n) is 5.56. The van der Waals surface area contributed by atoms with Gasteiger partial charge in [-0.3, -0.25) is 4.79 Å². The van der Waals surface area contributed by atoms with Gasteiger partial charge in [0.05, 0.1) is 17.1 Å². The van der Waals surface area contributed by atoms with Gasteiger partial charge >= 0.3 is 0 Å². The molecule has 0 atom stereocenters. The Labute approximate surface area is 134 Å². The lowest BCUT2D eigenvalue weighted by Gasteiger charge is -2.38. The zero-order valence-electron chi connectivity index (χ0n) is 12.7. The zero-order chi connectivity index (χ0) is 16.4. The van der Waals surface area contributed by atoms with E-state index in [2.05, 4.69) is 4.90 Å². The van der Waals surface area contributed by atoms with Crippen molar-refractivity contribution in [3.63, 3.8) is 0 Å². The van der Waals surface area contributed by atoms with Gasteiger partial charge in [0.2, 0.25) is 5.91 Å². The second kappa shape index (κ2) is 6.16. The summed E-state index contributed by atoms with van der Waals surface area (Å²) in [5.74, 6) is -0.695. The molecule has 0 saturated carbocycles. The molecule has 1 aliphatic rings. The maximum atomic E-state index is 13.9. The van der Waals surface area contributed by atoms with E-state index in [9.17, 15) is 9.18 Å². The number of carbonyl (C=O) groups is 1. The molecule has 4 N–H and O–H groups in total. The maximum absolute atomic E-state index is 13.9. The summed E-state index contributed by atoms with van der Waals surface area (Å²) in [5.41, 5.74) is 13.7. The zero-order valence-corrected chi connectivity index (χ0v) is 12.7. The molecule has 1 amide bonds. The van der Waals surface area contributed by atoms with Gasteiger partial charge in [0.15, 0.2) is 0 Å². The Bertz CT molecular complexity index is 726. The molecule has 0 spiro atoms. The van der Waals surface area contributed by atoms with Gasteiger partial charge in [-0.25, -0.2) is 4.39 Å². The molecule has 2 aromatic rings. The van der Waals surface area contributed by atoms with E-state index in [1.54, 1.807) is 24.3 Å². The number of rotatable bonds is 3. The SMILES string of the molecule is NC(=O)c1ccc(N2CCN(c3ccccc3F)CC2)c(N)c1. The highest BCUT2D eigenvalue weighted by molar-refractivity contribution is 5.94. The number of anilines is 3. The van der Waals surface area contributed by atoms with Crippen LogP contribution >= 0.6 is 0 Å². The van der Waals surface area contributed by atoms with Crippen molar-refractivity contribution in [2.24, 2.45) is 5.73 Å². The summed E-state index contributed by atoms with van der Waals surface area (Å²) in [5, 5.41) is 0. The van der Waals surface area contributed by atoms with Gasteiger partial charge in [-0.05, 0) is 30.3 Å². The van der Waals surface area contributed by atoms with Gasteiger partial charge in [0.25, 0.3) is 0 Å². The number of primary amides is 1. The summed E-state index contributed by atoms with van der Waals surface area (Å²) >= 11 is 0. The van der Waals surface area contributed by atoms with Gasteiger partial charge in [-0.2, -0.15) is 0 Å². The number of benzene rings is 2. The third-order valence-electron chi connectivity index (χ3n) is 4.13. The summed E-state index contributed by atoms with van der Waals surface area (Å²) in [6.07, 6.45) is 0. The Hall–Kier alpha value is -2.76. The van der Waals surface area contributed by atoms with Crippen molar-refractivity contribution in [3.05, 3.63) is 53.8 Å². The molecule has 1 fully saturated rings. The van der Waals surface area contributed by atoms with Crippen molar-refractivity contribution in [3.8, 4) is 0 Å². The molecular formula is C17H19FN4O. The number of hydrogen-bond acceptors (Lipinski definition) is 4. The van der Waals surface area contributed by atoms with E-state index >= 15 is 0 Å². The summed E-state index contributed by atoms with van der Waals surface area (Å²) in [7, 11) is 0. The van der Waals surface area contributed by atoms with Crippen LogP contribution in [0.4, 0.5) is 21.5 Å². The topological polar surface area (TPSA) is 75.6 Å². The van der Waals surface area contributed by atoms with Crippen LogP contribution in [0.15, 0.2) is 42.5 Å². The average Bonchev–Trinajstić information content (AvgIpc) is 2.55. The first kappa shape index (κ1) is 15.1. The van der Waals surface area contributed by atoms with Crippen molar-refractivity contribution in [1.29, 1.82) is 0 Å². The first-order valence-electron chi connectivity index (χ1n) is 7.50. The van der Waals surface area contributed by atoms with Crippen molar-refractivity contribution in [1.82, 2.24) is 0 Å². The van der Waals surface area contributed by atoms with Crippen molar-refractivity contribution in [2.45, 2.75) is 0 Å². The Morgan fingerprint density at radius 1 is 0.957 bits per heavy atom. The molecule has 6 heteroatoms. The molecule has 0 aromatic heterocycles. The normalized spacial score (nSPS) is 14.8. The Balaban J connectivity index is 1.72. The summed E-state index contributed by atoms with van der Waals surface area (Å²) in [6, 6.07) is 11.9. The van der Waals surface area contributed by atoms with Gasteiger partial charge in [0.1, 0.15) is 5.82 Å². The fourth-order valence-electron chi connectivity index (χ4n) is 2.89. The summed E-state index contributed by atoms with van der Waals surface area (Å²) < 4.78 is 13.9. The fraction of sp³-hybridized carbons (Fsp3) is 0.235. The molecule has 0 aliphatic carbocycles. The van der Waals surface area contributed by atoms with Gasteiger partial charge < -0.3 is 21.3 Å². The quantitative estimate of drug-likeness (QED) is 0.848. The van der Waals surface area contributed by atoms with Crippen LogP contribution in [-0.2, 0) is 0 Å². The Morgan fingerprint density at radius 3 is 2.13 bits per heavy atom. The molecule has 1 saturated heterocycles. The monoisotopic (exact) mass is 314 g/mol. The van der Waals surface area contributed by atoms with Crippen LogP contribution in [0.1, 0.15) is 10.4 Å². The third-order valence-corrected chi connectivity index (χ3v) is 4.13. The summed E-state index contributed by atoms with van der Waals surface area (Å²) in [6.45, 7) is 2.87. The number of carbonyl (C=O) groups excluding carboxylic acids is 1. The van der Waals surface area contributed by atoms with Crippen molar-refractivity contribution < 1.29 is 9.18 Å².